The molecule has 5 N–H and O–H groups in total. The number of aldehydes is 1. The smallest absolute Gasteiger partial charge is 0.315 e. The van der Waals surface area contributed by atoms with Gasteiger partial charge in [-0.25, -0.2) is 4.79 Å². The van der Waals surface area contributed by atoms with Crippen LogP contribution in [0.1, 0.15) is 70.8 Å². The predicted octanol–water partition coefficient (Wildman–Crippen LogP) is 3.08. The second kappa shape index (κ2) is 18.9. The number of hydrogen-bond acceptors (Lipinski definition) is 7. The molecular formula is C31H46ClN5O6S. The van der Waals surface area contributed by atoms with E-state index in [0.717, 1.165) is 30.6 Å². The average Bonchev–Trinajstić information content (AvgIpc) is 3.53. The number of fused-ring (bicyclic) bond motifs is 1. The molecule has 3 rings (SSSR count). The lowest BCUT2D eigenvalue weighted by molar-refractivity contribution is -0.132. The van der Waals surface area contributed by atoms with Crippen molar-refractivity contribution in [2.45, 2.75) is 101 Å². The van der Waals surface area contributed by atoms with Crippen LogP contribution in [0, 0.1) is 5.92 Å². The number of hydrogen-bond donors (Lipinski definition) is 5. The maximum absolute atomic E-state index is 12.9. The van der Waals surface area contributed by atoms with Gasteiger partial charge in [-0.1, -0.05) is 44.0 Å². The molecule has 1 aromatic rings. The number of rotatable bonds is 20. The number of carbonyl (C=O) groups is 5. The van der Waals surface area contributed by atoms with Crippen LogP contribution in [0.4, 0.5) is 4.79 Å². The lowest BCUT2D eigenvalue weighted by atomic mass is 10.0. The number of halogens is 1. The molecule has 5 atom stereocenters. The van der Waals surface area contributed by atoms with Crippen molar-refractivity contribution in [2.75, 3.05) is 18.9 Å². The van der Waals surface area contributed by atoms with Crippen LogP contribution in [0.2, 0.25) is 5.02 Å². The Morgan fingerprint density at radius 2 is 1.84 bits per heavy atom. The summed E-state index contributed by atoms with van der Waals surface area (Å²) in [6.45, 7) is 4.43. The largest absolute Gasteiger partial charge is 0.367 e. The number of unbranched alkanes of at least 4 members (excludes halogenated alkanes) is 2. The quantitative estimate of drug-likeness (QED) is 0.0825. The van der Waals surface area contributed by atoms with Gasteiger partial charge in [-0.3, -0.25) is 14.4 Å². The molecule has 244 valence electrons. The monoisotopic (exact) mass is 651 g/mol. The second-order valence-corrected chi connectivity index (χ2v) is 13.5. The molecule has 0 unspecified atom stereocenters. The van der Waals surface area contributed by atoms with Crippen molar-refractivity contribution >= 4 is 53.4 Å². The molecule has 0 aromatic heterocycles. The van der Waals surface area contributed by atoms with E-state index in [1.807, 2.05) is 37.7 Å². The first-order chi connectivity index (χ1) is 21.1. The van der Waals surface area contributed by atoms with Gasteiger partial charge in [0.25, 0.3) is 0 Å². The predicted molar refractivity (Wildman–Crippen MR) is 171 cm³/mol. The third-order valence-corrected chi connectivity index (χ3v) is 9.37. The Kier molecular flexibility index (Phi) is 15.3. The fourth-order valence-corrected chi connectivity index (χ4v) is 6.99. The highest BCUT2D eigenvalue weighted by atomic mass is 35.5. The number of nitrogens with one attached hydrogen (secondary N) is 5. The zero-order chi connectivity index (χ0) is 31.9. The fourth-order valence-electron chi connectivity index (χ4n) is 5.32. The maximum Gasteiger partial charge on any atom is 0.315 e. The summed E-state index contributed by atoms with van der Waals surface area (Å²) in [5.41, 5.74) is 0.874. The summed E-state index contributed by atoms with van der Waals surface area (Å²) in [6, 6.07) is 5.96. The third kappa shape index (κ3) is 12.6. The van der Waals surface area contributed by atoms with Gasteiger partial charge in [0.1, 0.15) is 18.9 Å². The third-order valence-electron chi connectivity index (χ3n) is 7.61. The van der Waals surface area contributed by atoms with Crippen LogP contribution < -0.4 is 26.6 Å². The summed E-state index contributed by atoms with van der Waals surface area (Å²) in [6.07, 6.45) is 6.03. The summed E-state index contributed by atoms with van der Waals surface area (Å²) < 4.78 is 5.48. The molecule has 1 aromatic carbocycles. The molecule has 13 heteroatoms. The minimum atomic E-state index is -0.786. The van der Waals surface area contributed by atoms with Gasteiger partial charge in [-0.05, 0) is 62.1 Å². The highest BCUT2D eigenvalue weighted by molar-refractivity contribution is 8.00. The highest BCUT2D eigenvalue weighted by Crippen LogP contribution is 2.33. The number of thioether (sulfide) groups is 1. The van der Waals surface area contributed by atoms with E-state index in [2.05, 4.69) is 26.6 Å². The number of urea groups is 1. The van der Waals surface area contributed by atoms with Gasteiger partial charge in [-0.15, -0.1) is 0 Å². The average molecular weight is 652 g/mol. The molecule has 44 heavy (non-hydrogen) atoms. The maximum atomic E-state index is 12.9. The van der Waals surface area contributed by atoms with Crippen LogP contribution in [-0.4, -0.2) is 78.4 Å². The molecule has 2 aliphatic heterocycles. The Balaban J connectivity index is 1.27. The Morgan fingerprint density at radius 3 is 2.57 bits per heavy atom. The van der Waals surface area contributed by atoms with Crippen LogP contribution >= 0.6 is 23.4 Å². The summed E-state index contributed by atoms with van der Waals surface area (Å²) in [7, 11) is 0. The molecular weight excluding hydrogens is 606 g/mol. The lowest BCUT2D eigenvalue weighted by Crippen LogP contribution is -2.51. The van der Waals surface area contributed by atoms with E-state index < -0.39 is 23.9 Å². The zero-order valence-corrected chi connectivity index (χ0v) is 27.1. The van der Waals surface area contributed by atoms with Gasteiger partial charge in [0.05, 0.1) is 24.7 Å². The van der Waals surface area contributed by atoms with Crippen LogP contribution in [-0.2, 0) is 30.5 Å². The minimum absolute atomic E-state index is 0.00226. The zero-order valence-electron chi connectivity index (χ0n) is 25.6. The first-order valence-electron chi connectivity index (χ1n) is 15.5. The van der Waals surface area contributed by atoms with E-state index in [0.29, 0.717) is 55.2 Å². The van der Waals surface area contributed by atoms with E-state index in [1.165, 1.54) is 0 Å². The van der Waals surface area contributed by atoms with Crippen LogP contribution in [0.3, 0.4) is 0 Å². The van der Waals surface area contributed by atoms with Crippen molar-refractivity contribution < 1.29 is 28.7 Å². The van der Waals surface area contributed by atoms with E-state index in [1.54, 1.807) is 12.1 Å². The van der Waals surface area contributed by atoms with Crippen molar-refractivity contribution in [3.05, 3.63) is 34.9 Å². The number of carbonyl (C=O) groups excluding carboxylic acids is 5. The Hall–Kier alpha value is -2.83. The molecule has 2 fully saturated rings. The van der Waals surface area contributed by atoms with E-state index in [-0.39, 0.29) is 43.2 Å². The molecule has 2 aliphatic rings. The molecule has 0 radical (unpaired) electrons. The van der Waals surface area contributed by atoms with Crippen LogP contribution in [0.15, 0.2) is 24.3 Å². The van der Waals surface area contributed by atoms with Crippen molar-refractivity contribution in [3.8, 4) is 0 Å². The van der Waals surface area contributed by atoms with Gasteiger partial charge in [0.15, 0.2) is 0 Å². The molecule has 0 spiro atoms. The fraction of sp³-hybridized carbons (Fsp3) is 0.645. The second-order valence-electron chi connectivity index (χ2n) is 11.8. The van der Waals surface area contributed by atoms with E-state index in [4.69, 9.17) is 16.3 Å². The van der Waals surface area contributed by atoms with Gasteiger partial charge in [0, 0.05) is 29.0 Å². The Bertz CT molecular complexity index is 1110. The lowest BCUT2D eigenvalue weighted by Gasteiger charge is -2.22. The molecule has 5 amide bonds. The molecule has 2 saturated heterocycles. The van der Waals surface area contributed by atoms with Gasteiger partial charge >= 0.3 is 6.03 Å². The molecule has 0 saturated carbocycles. The van der Waals surface area contributed by atoms with E-state index >= 15 is 0 Å². The summed E-state index contributed by atoms with van der Waals surface area (Å²) >= 11 is 7.76. The number of amides is 5. The Morgan fingerprint density at radius 1 is 1.07 bits per heavy atom. The van der Waals surface area contributed by atoms with E-state index in [9.17, 15) is 24.0 Å². The summed E-state index contributed by atoms with van der Waals surface area (Å²) in [5, 5.41) is 15.3. The topological polar surface area (TPSA) is 155 Å². The Labute approximate surface area is 269 Å². The van der Waals surface area contributed by atoms with Crippen LogP contribution in [0.25, 0.3) is 0 Å². The highest BCUT2D eigenvalue weighted by Gasteiger charge is 2.42. The standard InChI is InChI=1S/C31H46ClN5O6S/c1-20(2)15-24(35-28(40)18-43-17-21-10-12-22(32)13-11-21)30(41)34-23(16-38)7-5-6-14-33-27(39)9-4-3-8-26-29-25(19-44-26)36-31(42)37-29/h10-13,16,20,23-26,29H,3-9,14-15,17-19H2,1-2H3,(H,33,39)(H,34,41)(H,35,40)(H2,36,37,42)/t23-,24-,25-,26-,29-/m0/s1. The van der Waals surface area contributed by atoms with Crippen molar-refractivity contribution in [1.29, 1.82) is 0 Å². The van der Waals surface area contributed by atoms with Gasteiger partial charge < -0.3 is 36.1 Å². The molecule has 2 heterocycles. The number of benzene rings is 1. The molecule has 11 nitrogen and oxygen atoms in total. The molecule has 0 aliphatic carbocycles. The minimum Gasteiger partial charge on any atom is -0.367 e. The van der Waals surface area contributed by atoms with Gasteiger partial charge in [0.2, 0.25) is 17.7 Å². The SMILES string of the molecule is CC(C)C[C@H](NC(=O)COCc1ccc(Cl)cc1)C(=O)N[C@H](C=O)CCCCNC(=O)CCCC[C@@H]1SC[C@@H]2NC(=O)N[C@@H]21. The summed E-state index contributed by atoms with van der Waals surface area (Å²) in [4.78, 5) is 60.8. The normalized spacial score (nSPS) is 20.3. The van der Waals surface area contributed by atoms with Crippen molar-refractivity contribution in [3.63, 3.8) is 0 Å². The number of ether oxygens (including phenoxy) is 1. The van der Waals surface area contributed by atoms with Crippen molar-refractivity contribution in [2.24, 2.45) is 5.92 Å². The first-order valence-corrected chi connectivity index (χ1v) is 16.9. The first kappa shape index (κ1) is 35.6. The van der Waals surface area contributed by atoms with Gasteiger partial charge in [-0.2, -0.15) is 11.8 Å². The summed E-state index contributed by atoms with van der Waals surface area (Å²) in [5.74, 6) is 0.250. The molecule has 0 bridgehead atoms. The van der Waals surface area contributed by atoms with Crippen molar-refractivity contribution in [1.82, 2.24) is 26.6 Å². The van der Waals surface area contributed by atoms with Crippen LogP contribution in [0.5, 0.6) is 0 Å².